The van der Waals surface area contributed by atoms with Crippen LogP contribution >= 0.6 is 0 Å². The lowest BCUT2D eigenvalue weighted by Gasteiger charge is -2.38. The summed E-state index contributed by atoms with van der Waals surface area (Å²) in [4.78, 5) is 5.47. The number of nitrogens with zero attached hydrogens (tertiary/aromatic N) is 3. The van der Waals surface area contributed by atoms with Crippen LogP contribution in [0.5, 0.6) is 0 Å². The third-order valence-corrected chi connectivity index (χ3v) is 9.61. The third-order valence-electron chi connectivity index (χ3n) is 9.61. The highest BCUT2D eigenvalue weighted by Gasteiger charge is 2.36. The molecule has 4 heteroatoms. The van der Waals surface area contributed by atoms with Crippen LogP contribution in [0.25, 0.3) is 16.7 Å². The molecule has 0 fully saturated rings. The van der Waals surface area contributed by atoms with Crippen molar-refractivity contribution in [3.05, 3.63) is 185 Å². The Morgan fingerprint density at radius 2 is 1.29 bits per heavy atom. The normalized spacial score (nSPS) is 20.1. The fourth-order valence-corrected chi connectivity index (χ4v) is 7.02. The van der Waals surface area contributed by atoms with Gasteiger partial charge in [0.25, 0.3) is 0 Å². The monoisotopic (exact) mass is 620 g/mol. The Labute approximate surface area is 283 Å². The number of hydrogen-bond donors (Lipinski definition) is 1. The Balaban J connectivity index is 1.32. The zero-order chi connectivity index (χ0) is 32.9. The first-order valence-corrected chi connectivity index (χ1v) is 16.6. The molecule has 5 aromatic carbocycles. The van der Waals surface area contributed by atoms with Crippen LogP contribution in [-0.4, -0.2) is 5.84 Å². The summed E-state index contributed by atoms with van der Waals surface area (Å²) in [7, 11) is 0. The first-order valence-electron chi connectivity index (χ1n) is 16.6. The zero-order valence-electron chi connectivity index (χ0n) is 26.9. The summed E-state index contributed by atoms with van der Waals surface area (Å²) in [6.07, 6.45) is 8.65. The molecule has 1 aliphatic heterocycles. The molecule has 4 nitrogen and oxygen atoms in total. The molecule has 1 heterocycles. The molecule has 4 atom stereocenters. The average Bonchev–Trinajstić information content (AvgIpc) is 3.18. The van der Waals surface area contributed by atoms with E-state index in [9.17, 15) is 10.5 Å². The highest BCUT2D eigenvalue weighted by atomic mass is 15.1. The minimum atomic E-state index is -0.0638. The number of rotatable bonds is 7. The Hall–Kier alpha value is -5.97. The van der Waals surface area contributed by atoms with E-state index in [2.05, 4.69) is 115 Å². The molecule has 0 bridgehead atoms. The summed E-state index contributed by atoms with van der Waals surface area (Å²) in [6.45, 7) is 2.27. The smallest absolute Gasteiger partial charge is 0.129 e. The molecule has 7 rings (SSSR count). The van der Waals surface area contributed by atoms with Crippen molar-refractivity contribution in [1.29, 1.82) is 10.5 Å². The standard InChI is InChI=1S/C44H36N4/c1-2-41-42(36-9-5-3-6-10-36)47-44(37-11-7-4-8-12-37)48-43(41)40-26-38(34-19-15-31(29-46)16-20-34)25-39(27-40)35-23-21-33(22-24-35)32-17-13-30(28-45)14-18-32/h3-23,25-27,35,41-43H,2,24H2,1H3,(H,47,48). The predicted octanol–water partition coefficient (Wildman–Crippen LogP) is 10.1. The second-order valence-electron chi connectivity index (χ2n) is 12.5. The maximum Gasteiger partial charge on any atom is 0.129 e. The Morgan fingerprint density at radius 3 is 1.90 bits per heavy atom. The molecule has 4 unspecified atom stereocenters. The van der Waals surface area contributed by atoms with Gasteiger partial charge in [0.05, 0.1) is 35.3 Å². The second kappa shape index (κ2) is 13.8. The van der Waals surface area contributed by atoms with Gasteiger partial charge in [0.2, 0.25) is 0 Å². The van der Waals surface area contributed by atoms with Crippen molar-refractivity contribution in [3.8, 4) is 23.3 Å². The van der Waals surface area contributed by atoms with E-state index in [4.69, 9.17) is 4.99 Å². The lowest BCUT2D eigenvalue weighted by Crippen LogP contribution is -2.41. The van der Waals surface area contributed by atoms with E-state index in [0.29, 0.717) is 11.1 Å². The number of nitrogens with one attached hydrogen (secondary N) is 1. The second-order valence-corrected chi connectivity index (χ2v) is 12.5. The van der Waals surface area contributed by atoms with Crippen molar-refractivity contribution in [3.63, 3.8) is 0 Å². The molecular weight excluding hydrogens is 585 g/mol. The van der Waals surface area contributed by atoms with Gasteiger partial charge in [-0.15, -0.1) is 0 Å². The van der Waals surface area contributed by atoms with Gasteiger partial charge in [-0.05, 0) is 82.1 Å². The number of amidine groups is 1. The first-order chi connectivity index (χ1) is 23.6. The van der Waals surface area contributed by atoms with Gasteiger partial charge in [-0.1, -0.05) is 122 Å². The maximum absolute atomic E-state index is 9.45. The third kappa shape index (κ3) is 6.35. The van der Waals surface area contributed by atoms with Crippen LogP contribution in [0, 0.1) is 28.6 Å². The molecular formula is C44H36N4. The van der Waals surface area contributed by atoms with E-state index in [1.807, 2.05) is 54.6 Å². The lowest BCUT2D eigenvalue weighted by atomic mass is 9.78. The summed E-state index contributed by atoms with van der Waals surface area (Å²) in [5.74, 6) is 1.35. The van der Waals surface area contributed by atoms with Crippen LogP contribution in [0.4, 0.5) is 0 Å². The topological polar surface area (TPSA) is 72.0 Å². The van der Waals surface area contributed by atoms with Crippen molar-refractivity contribution in [2.75, 3.05) is 0 Å². The number of benzene rings is 5. The summed E-state index contributed by atoms with van der Waals surface area (Å²) in [5.41, 5.74) is 10.6. The molecule has 0 amide bonds. The van der Waals surface area contributed by atoms with E-state index in [0.717, 1.165) is 40.9 Å². The molecule has 48 heavy (non-hydrogen) atoms. The van der Waals surface area contributed by atoms with E-state index in [1.54, 1.807) is 0 Å². The molecule has 232 valence electrons. The lowest BCUT2D eigenvalue weighted by molar-refractivity contribution is 0.311. The van der Waals surface area contributed by atoms with Gasteiger partial charge < -0.3 is 5.32 Å². The number of allylic oxidation sites excluding steroid dienone is 4. The van der Waals surface area contributed by atoms with Crippen LogP contribution in [0.2, 0.25) is 0 Å². The van der Waals surface area contributed by atoms with Gasteiger partial charge in [-0.3, -0.25) is 4.99 Å². The summed E-state index contributed by atoms with van der Waals surface area (Å²) < 4.78 is 0. The molecule has 1 N–H and O–H groups in total. The summed E-state index contributed by atoms with van der Waals surface area (Å²) in [6, 6.07) is 48.3. The Morgan fingerprint density at radius 1 is 0.667 bits per heavy atom. The van der Waals surface area contributed by atoms with Gasteiger partial charge in [0.15, 0.2) is 0 Å². The molecule has 0 saturated carbocycles. The molecule has 2 aliphatic rings. The molecule has 0 saturated heterocycles. The van der Waals surface area contributed by atoms with Crippen LogP contribution in [0.15, 0.2) is 151 Å². The summed E-state index contributed by atoms with van der Waals surface area (Å²) in [5, 5.41) is 22.5. The first kappa shape index (κ1) is 30.7. The Kier molecular flexibility index (Phi) is 8.82. The number of nitriles is 2. The molecule has 0 aromatic heterocycles. The van der Waals surface area contributed by atoms with E-state index in [-0.39, 0.29) is 23.9 Å². The quantitative estimate of drug-likeness (QED) is 0.197. The van der Waals surface area contributed by atoms with Gasteiger partial charge in [0, 0.05) is 17.4 Å². The predicted molar refractivity (Wildman–Crippen MR) is 194 cm³/mol. The van der Waals surface area contributed by atoms with E-state index in [1.165, 1.54) is 22.3 Å². The van der Waals surface area contributed by atoms with Crippen LogP contribution in [0.3, 0.4) is 0 Å². The molecule has 5 aromatic rings. The van der Waals surface area contributed by atoms with Crippen LogP contribution in [0.1, 0.15) is 76.7 Å². The van der Waals surface area contributed by atoms with Gasteiger partial charge in [0.1, 0.15) is 5.84 Å². The fraction of sp³-hybridized carbons (Fsp3) is 0.159. The highest BCUT2D eigenvalue weighted by molar-refractivity contribution is 5.99. The van der Waals surface area contributed by atoms with Gasteiger partial charge >= 0.3 is 0 Å². The van der Waals surface area contributed by atoms with Gasteiger partial charge in [-0.2, -0.15) is 10.5 Å². The van der Waals surface area contributed by atoms with Crippen LogP contribution < -0.4 is 5.32 Å². The van der Waals surface area contributed by atoms with Gasteiger partial charge in [-0.25, -0.2) is 0 Å². The minimum Gasteiger partial charge on any atom is -0.363 e. The van der Waals surface area contributed by atoms with Crippen LogP contribution in [-0.2, 0) is 0 Å². The number of aliphatic imine (C=N–C) groups is 1. The van der Waals surface area contributed by atoms with Crippen molar-refractivity contribution >= 4 is 11.4 Å². The molecule has 0 radical (unpaired) electrons. The molecule has 0 spiro atoms. The zero-order valence-corrected chi connectivity index (χ0v) is 26.9. The largest absolute Gasteiger partial charge is 0.363 e. The molecule has 1 aliphatic carbocycles. The number of hydrogen-bond acceptors (Lipinski definition) is 4. The van der Waals surface area contributed by atoms with E-state index >= 15 is 0 Å². The fourth-order valence-electron chi connectivity index (χ4n) is 7.02. The SMILES string of the molecule is CCC1C(c2cc(-c3ccc(C#N)cc3)cc(C3C=CC(c4ccc(C#N)cc4)=CC3)c2)N=C(c2ccccc2)NC1c1ccccc1. The average molecular weight is 621 g/mol. The minimum absolute atomic E-state index is 0.0638. The van der Waals surface area contributed by atoms with Crippen molar-refractivity contribution in [1.82, 2.24) is 5.32 Å². The highest BCUT2D eigenvalue weighted by Crippen LogP contribution is 2.44. The van der Waals surface area contributed by atoms with Crippen molar-refractivity contribution < 1.29 is 0 Å². The van der Waals surface area contributed by atoms with Crippen molar-refractivity contribution in [2.45, 2.75) is 37.8 Å². The van der Waals surface area contributed by atoms with Crippen molar-refractivity contribution in [2.24, 2.45) is 10.9 Å². The van der Waals surface area contributed by atoms with E-state index < -0.39 is 0 Å². The maximum atomic E-state index is 9.45. The summed E-state index contributed by atoms with van der Waals surface area (Å²) >= 11 is 0. The Bertz CT molecular complexity index is 2080.